The molecule has 4 heteroatoms. The SMILES string of the molecule is CC(C1(c2cccc(O)c2)CC1)S(C)(=O)=O. The fourth-order valence-electron chi connectivity index (χ4n) is 2.29. The van der Waals surface area contributed by atoms with Crippen LogP contribution in [0.3, 0.4) is 0 Å². The maximum Gasteiger partial charge on any atom is 0.150 e. The number of hydrogen-bond donors (Lipinski definition) is 1. The summed E-state index contributed by atoms with van der Waals surface area (Å²) >= 11 is 0. The molecule has 0 saturated heterocycles. The van der Waals surface area contributed by atoms with Crippen LogP contribution in [0.15, 0.2) is 24.3 Å². The lowest BCUT2D eigenvalue weighted by atomic mass is 9.93. The highest BCUT2D eigenvalue weighted by Crippen LogP contribution is 2.53. The third-order valence-electron chi connectivity index (χ3n) is 3.63. The zero-order chi connectivity index (χ0) is 12.0. The molecule has 0 heterocycles. The predicted molar refractivity (Wildman–Crippen MR) is 63.3 cm³/mol. The Kier molecular flexibility index (Phi) is 2.49. The minimum absolute atomic E-state index is 0.199. The molecule has 1 unspecified atom stereocenters. The van der Waals surface area contributed by atoms with Gasteiger partial charge in [-0.15, -0.1) is 0 Å². The van der Waals surface area contributed by atoms with Gasteiger partial charge in [0.2, 0.25) is 0 Å². The van der Waals surface area contributed by atoms with Gasteiger partial charge < -0.3 is 5.11 Å². The maximum absolute atomic E-state index is 11.6. The van der Waals surface area contributed by atoms with Crippen molar-refractivity contribution in [3.8, 4) is 5.75 Å². The Morgan fingerprint density at radius 1 is 1.38 bits per heavy atom. The molecule has 1 atom stereocenters. The van der Waals surface area contributed by atoms with Gasteiger partial charge in [-0.2, -0.15) is 0 Å². The fourth-order valence-corrected chi connectivity index (χ4v) is 3.48. The average molecular weight is 240 g/mol. The van der Waals surface area contributed by atoms with Crippen molar-refractivity contribution >= 4 is 9.84 Å². The molecule has 0 bridgehead atoms. The highest BCUT2D eigenvalue weighted by atomic mass is 32.2. The first-order valence-electron chi connectivity index (χ1n) is 5.35. The van der Waals surface area contributed by atoms with Gasteiger partial charge in [0.25, 0.3) is 0 Å². The molecule has 1 aromatic carbocycles. The van der Waals surface area contributed by atoms with Gasteiger partial charge in [-0.05, 0) is 37.5 Å². The largest absolute Gasteiger partial charge is 0.508 e. The summed E-state index contributed by atoms with van der Waals surface area (Å²) in [5.74, 6) is 0.199. The molecular formula is C12H16O3S. The van der Waals surface area contributed by atoms with Crippen molar-refractivity contribution in [2.75, 3.05) is 6.26 Å². The first-order chi connectivity index (χ1) is 7.36. The predicted octanol–water partition coefficient (Wildman–Crippen LogP) is 1.86. The van der Waals surface area contributed by atoms with Crippen LogP contribution in [-0.2, 0) is 15.3 Å². The van der Waals surface area contributed by atoms with E-state index in [2.05, 4.69) is 0 Å². The number of aromatic hydroxyl groups is 1. The van der Waals surface area contributed by atoms with E-state index >= 15 is 0 Å². The molecule has 2 rings (SSSR count). The van der Waals surface area contributed by atoms with E-state index in [9.17, 15) is 13.5 Å². The molecule has 1 aliphatic carbocycles. The first-order valence-corrected chi connectivity index (χ1v) is 7.30. The Bertz CT molecular complexity index is 501. The van der Waals surface area contributed by atoms with Gasteiger partial charge in [-0.1, -0.05) is 12.1 Å². The molecule has 1 aromatic rings. The Balaban J connectivity index is 2.41. The van der Waals surface area contributed by atoms with Gasteiger partial charge in [-0.3, -0.25) is 0 Å². The molecule has 0 spiro atoms. The lowest BCUT2D eigenvalue weighted by molar-refractivity contribution is 0.472. The van der Waals surface area contributed by atoms with E-state index in [1.807, 2.05) is 6.07 Å². The van der Waals surface area contributed by atoms with Gasteiger partial charge >= 0.3 is 0 Å². The highest BCUT2D eigenvalue weighted by Gasteiger charge is 2.52. The molecule has 88 valence electrons. The van der Waals surface area contributed by atoms with Crippen LogP contribution in [-0.4, -0.2) is 25.0 Å². The molecular weight excluding hydrogens is 224 g/mol. The molecule has 0 amide bonds. The summed E-state index contributed by atoms with van der Waals surface area (Å²) < 4.78 is 23.2. The van der Waals surface area contributed by atoms with Crippen LogP contribution in [0.25, 0.3) is 0 Å². The maximum atomic E-state index is 11.6. The molecule has 0 radical (unpaired) electrons. The van der Waals surface area contributed by atoms with Gasteiger partial charge in [0, 0.05) is 11.7 Å². The molecule has 0 aliphatic heterocycles. The second kappa shape index (κ2) is 3.48. The Morgan fingerprint density at radius 2 is 2.00 bits per heavy atom. The number of phenols is 1. The average Bonchev–Trinajstić information content (AvgIpc) is 2.96. The Hall–Kier alpha value is -1.03. The smallest absolute Gasteiger partial charge is 0.150 e. The van der Waals surface area contributed by atoms with Crippen molar-refractivity contribution in [3.05, 3.63) is 29.8 Å². The highest BCUT2D eigenvalue weighted by molar-refractivity contribution is 7.91. The van der Waals surface area contributed by atoms with Crippen LogP contribution >= 0.6 is 0 Å². The summed E-state index contributed by atoms with van der Waals surface area (Å²) in [5, 5.41) is 9.05. The Morgan fingerprint density at radius 3 is 2.44 bits per heavy atom. The van der Waals surface area contributed by atoms with Crippen LogP contribution < -0.4 is 0 Å². The van der Waals surface area contributed by atoms with E-state index in [0.717, 1.165) is 18.4 Å². The van der Waals surface area contributed by atoms with Crippen LogP contribution in [0.1, 0.15) is 25.3 Å². The minimum Gasteiger partial charge on any atom is -0.508 e. The van der Waals surface area contributed by atoms with Crippen LogP contribution in [0, 0.1) is 0 Å². The van der Waals surface area contributed by atoms with Crippen molar-refractivity contribution < 1.29 is 13.5 Å². The summed E-state index contributed by atoms with van der Waals surface area (Å²) in [7, 11) is -3.04. The first kappa shape index (κ1) is 11.5. The molecule has 1 fully saturated rings. The molecule has 1 aliphatic rings. The normalized spacial score (nSPS) is 20.4. The number of rotatable bonds is 3. The van der Waals surface area contributed by atoms with Crippen molar-refractivity contribution in [1.29, 1.82) is 0 Å². The standard InChI is InChI=1S/C12H16O3S/c1-9(16(2,14)15)12(6-7-12)10-4-3-5-11(13)8-10/h3-5,8-9,13H,6-7H2,1-2H3. The quantitative estimate of drug-likeness (QED) is 0.877. The van der Waals surface area contributed by atoms with Crippen molar-refractivity contribution in [1.82, 2.24) is 0 Å². The van der Waals surface area contributed by atoms with E-state index in [4.69, 9.17) is 0 Å². The zero-order valence-electron chi connectivity index (χ0n) is 9.47. The molecule has 1 N–H and O–H groups in total. The molecule has 3 nitrogen and oxygen atoms in total. The Labute approximate surface area is 96.0 Å². The van der Waals surface area contributed by atoms with E-state index in [0.29, 0.717) is 0 Å². The lowest BCUT2D eigenvalue weighted by Crippen LogP contribution is -2.30. The second-order valence-electron chi connectivity index (χ2n) is 4.68. The monoisotopic (exact) mass is 240 g/mol. The van der Waals surface area contributed by atoms with Gasteiger partial charge in [0.15, 0.2) is 9.84 Å². The van der Waals surface area contributed by atoms with Crippen molar-refractivity contribution in [3.63, 3.8) is 0 Å². The fraction of sp³-hybridized carbons (Fsp3) is 0.500. The van der Waals surface area contributed by atoms with Crippen molar-refractivity contribution in [2.45, 2.75) is 30.4 Å². The summed E-state index contributed by atoms with van der Waals surface area (Å²) in [6.07, 6.45) is 3.04. The molecule has 1 saturated carbocycles. The molecule has 0 aromatic heterocycles. The summed E-state index contributed by atoms with van der Waals surface area (Å²) in [5.41, 5.74) is 0.664. The number of sulfone groups is 1. The van der Waals surface area contributed by atoms with Crippen LogP contribution in [0.2, 0.25) is 0 Å². The molecule has 16 heavy (non-hydrogen) atoms. The number of hydrogen-bond acceptors (Lipinski definition) is 3. The topological polar surface area (TPSA) is 54.4 Å². The van der Waals surface area contributed by atoms with E-state index in [1.165, 1.54) is 6.26 Å². The lowest BCUT2D eigenvalue weighted by Gasteiger charge is -2.22. The van der Waals surface area contributed by atoms with E-state index < -0.39 is 9.84 Å². The van der Waals surface area contributed by atoms with E-state index in [1.54, 1.807) is 25.1 Å². The van der Waals surface area contributed by atoms with E-state index in [-0.39, 0.29) is 16.4 Å². The van der Waals surface area contributed by atoms with Gasteiger partial charge in [0.1, 0.15) is 5.75 Å². The number of benzene rings is 1. The summed E-state index contributed by atoms with van der Waals surface area (Å²) in [6, 6.07) is 6.94. The number of phenolic OH excluding ortho intramolecular Hbond substituents is 1. The zero-order valence-corrected chi connectivity index (χ0v) is 10.3. The van der Waals surface area contributed by atoms with Gasteiger partial charge in [0.05, 0.1) is 5.25 Å². The second-order valence-corrected chi connectivity index (χ2v) is 7.04. The summed E-state index contributed by atoms with van der Waals surface area (Å²) in [4.78, 5) is 0. The van der Waals surface area contributed by atoms with Crippen molar-refractivity contribution in [2.24, 2.45) is 0 Å². The van der Waals surface area contributed by atoms with Gasteiger partial charge in [-0.25, -0.2) is 8.42 Å². The summed E-state index contributed by atoms with van der Waals surface area (Å²) in [6.45, 7) is 1.76. The van der Waals surface area contributed by atoms with Crippen LogP contribution in [0.4, 0.5) is 0 Å². The van der Waals surface area contributed by atoms with Crippen LogP contribution in [0.5, 0.6) is 5.75 Å². The third-order valence-corrected chi connectivity index (χ3v) is 5.37. The third kappa shape index (κ3) is 1.82. The minimum atomic E-state index is -3.04.